The first-order valence-corrected chi connectivity index (χ1v) is 10.6. The van der Waals surface area contributed by atoms with Crippen molar-refractivity contribution in [2.45, 2.75) is 38.3 Å². The summed E-state index contributed by atoms with van der Waals surface area (Å²) in [6.45, 7) is 3.73. The molecule has 0 aliphatic carbocycles. The topological polar surface area (TPSA) is 88.5 Å². The van der Waals surface area contributed by atoms with E-state index in [-0.39, 0.29) is 24.3 Å². The summed E-state index contributed by atoms with van der Waals surface area (Å²) >= 11 is 0. The predicted molar refractivity (Wildman–Crippen MR) is 110 cm³/mol. The quantitative estimate of drug-likeness (QED) is 0.752. The lowest BCUT2D eigenvalue weighted by atomic mass is 9.91. The molecular weight excluding hydrogens is 388 g/mol. The Morgan fingerprint density at radius 1 is 1.13 bits per heavy atom. The first kappa shape index (κ1) is 22.4. The second-order valence-corrected chi connectivity index (χ2v) is 7.69. The number of amides is 2. The minimum atomic E-state index is -0.512. The monoisotopic (exact) mass is 420 g/mol. The van der Waals surface area contributed by atoms with Gasteiger partial charge in [0.2, 0.25) is 11.8 Å². The van der Waals surface area contributed by atoms with Crippen LogP contribution in [0.5, 0.6) is 11.5 Å². The van der Waals surface area contributed by atoms with Gasteiger partial charge in [-0.05, 0) is 30.5 Å². The fourth-order valence-electron chi connectivity index (χ4n) is 4.40. The summed E-state index contributed by atoms with van der Waals surface area (Å²) in [5.74, 6) is 1.22. The Balaban J connectivity index is 1.82. The van der Waals surface area contributed by atoms with E-state index in [4.69, 9.17) is 14.2 Å². The van der Waals surface area contributed by atoms with Crippen molar-refractivity contribution in [1.82, 2.24) is 9.80 Å². The zero-order valence-corrected chi connectivity index (χ0v) is 18.0. The normalized spacial score (nSPS) is 22.7. The van der Waals surface area contributed by atoms with Gasteiger partial charge in [0.05, 0.1) is 33.5 Å². The highest BCUT2D eigenvalue weighted by atomic mass is 16.5. The Hall–Kier alpha value is -2.32. The lowest BCUT2D eigenvalue weighted by Crippen LogP contribution is -2.52. The first-order chi connectivity index (χ1) is 14.5. The molecule has 0 unspecified atom stereocenters. The lowest BCUT2D eigenvalue weighted by Gasteiger charge is -2.43. The molecule has 2 fully saturated rings. The third-order valence-electron chi connectivity index (χ3n) is 6.06. The maximum absolute atomic E-state index is 13.5. The number of morpholine rings is 1. The molecule has 2 aliphatic heterocycles. The van der Waals surface area contributed by atoms with Gasteiger partial charge in [0, 0.05) is 32.0 Å². The Bertz CT molecular complexity index is 747. The summed E-state index contributed by atoms with van der Waals surface area (Å²) in [5, 5.41) is 9.92. The molecule has 2 atom stereocenters. The summed E-state index contributed by atoms with van der Waals surface area (Å²) < 4.78 is 16.5. The van der Waals surface area contributed by atoms with E-state index in [1.807, 2.05) is 28.9 Å². The molecule has 1 aromatic rings. The number of rotatable bonds is 6. The maximum atomic E-state index is 13.5. The number of carbonyl (C=O) groups is 2. The lowest BCUT2D eigenvalue weighted by molar-refractivity contribution is -0.156. The average molecular weight is 421 g/mol. The van der Waals surface area contributed by atoms with Gasteiger partial charge in [0.15, 0.2) is 11.5 Å². The molecule has 0 saturated carbocycles. The Morgan fingerprint density at radius 2 is 1.83 bits per heavy atom. The van der Waals surface area contributed by atoms with Crippen molar-refractivity contribution in [2.24, 2.45) is 5.92 Å². The van der Waals surface area contributed by atoms with Crippen LogP contribution in [0.2, 0.25) is 0 Å². The van der Waals surface area contributed by atoms with E-state index in [1.165, 1.54) is 0 Å². The molecule has 8 nitrogen and oxygen atoms in total. The van der Waals surface area contributed by atoms with Gasteiger partial charge in [-0.15, -0.1) is 0 Å². The number of benzene rings is 1. The van der Waals surface area contributed by atoms with Crippen molar-refractivity contribution in [3.05, 3.63) is 23.8 Å². The Labute approximate surface area is 177 Å². The van der Waals surface area contributed by atoms with Crippen molar-refractivity contribution < 1.29 is 28.9 Å². The molecule has 0 aromatic heterocycles. The van der Waals surface area contributed by atoms with E-state index in [1.54, 1.807) is 20.3 Å². The van der Waals surface area contributed by atoms with Gasteiger partial charge in [0.1, 0.15) is 6.10 Å². The zero-order chi connectivity index (χ0) is 21.7. The van der Waals surface area contributed by atoms with Crippen LogP contribution in [0.25, 0.3) is 0 Å². The summed E-state index contributed by atoms with van der Waals surface area (Å²) in [7, 11) is 3.14. The fourth-order valence-corrected chi connectivity index (χ4v) is 4.40. The molecule has 2 heterocycles. The fraction of sp³-hybridized carbons (Fsp3) is 0.636. The Morgan fingerprint density at radius 3 is 2.43 bits per heavy atom. The molecule has 30 heavy (non-hydrogen) atoms. The van der Waals surface area contributed by atoms with E-state index < -0.39 is 12.1 Å². The van der Waals surface area contributed by atoms with Gasteiger partial charge in [0.25, 0.3) is 0 Å². The molecule has 0 bridgehead atoms. The molecule has 0 radical (unpaired) electrons. The van der Waals surface area contributed by atoms with E-state index in [0.717, 1.165) is 5.56 Å². The molecule has 2 aliphatic rings. The summed E-state index contributed by atoms with van der Waals surface area (Å²) in [5.41, 5.74) is 0.832. The van der Waals surface area contributed by atoms with Gasteiger partial charge in [-0.25, -0.2) is 0 Å². The van der Waals surface area contributed by atoms with Crippen LogP contribution in [-0.4, -0.2) is 79.9 Å². The third kappa shape index (κ3) is 4.54. The van der Waals surface area contributed by atoms with Crippen molar-refractivity contribution in [1.29, 1.82) is 0 Å². The molecule has 2 saturated heterocycles. The van der Waals surface area contributed by atoms with E-state index in [9.17, 15) is 14.7 Å². The predicted octanol–water partition coefficient (Wildman–Crippen LogP) is 1.61. The minimum Gasteiger partial charge on any atom is -0.493 e. The third-order valence-corrected chi connectivity index (χ3v) is 6.06. The number of hydrogen-bond donors (Lipinski definition) is 1. The van der Waals surface area contributed by atoms with Gasteiger partial charge in [-0.3, -0.25) is 9.59 Å². The highest BCUT2D eigenvalue weighted by molar-refractivity contribution is 5.81. The highest BCUT2D eigenvalue weighted by Crippen LogP contribution is 2.37. The van der Waals surface area contributed by atoms with Gasteiger partial charge in [-0.1, -0.05) is 13.0 Å². The highest BCUT2D eigenvalue weighted by Gasteiger charge is 2.39. The number of aliphatic hydroxyl groups excluding tert-OH is 1. The molecule has 2 amide bonds. The number of piperidine rings is 1. The van der Waals surface area contributed by atoms with Crippen LogP contribution in [0.15, 0.2) is 18.2 Å². The zero-order valence-electron chi connectivity index (χ0n) is 18.0. The molecular formula is C22H32N2O6. The molecule has 3 rings (SSSR count). The Kier molecular flexibility index (Phi) is 7.55. The minimum absolute atomic E-state index is 0.0557. The molecule has 166 valence electrons. The standard InChI is InChI=1S/C22H32N2O6/c1-4-20(26)23-9-7-15(8-10-23)22(27)24-11-12-30-19(14-25)21(24)16-5-6-17(28-2)18(13-16)29-3/h5-6,13,15,19,21,25H,4,7-12,14H2,1-3H3/t19-,21-/m1/s1. The van der Waals surface area contributed by atoms with Crippen LogP contribution in [-0.2, 0) is 14.3 Å². The smallest absolute Gasteiger partial charge is 0.226 e. The number of carbonyl (C=O) groups excluding carboxylic acids is 2. The van der Waals surface area contributed by atoms with E-state index in [2.05, 4.69) is 0 Å². The average Bonchev–Trinajstić information content (AvgIpc) is 2.82. The van der Waals surface area contributed by atoms with Crippen LogP contribution >= 0.6 is 0 Å². The summed E-state index contributed by atoms with van der Waals surface area (Å²) in [6, 6.07) is 5.11. The van der Waals surface area contributed by atoms with Crippen LogP contribution in [0.3, 0.4) is 0 Å². The SMILES string of the molecule is CCC(=O)N1CCC(C(=O)N2CCO[C@H](CO)[C@H]2c2ccc(OC)c(OC)c2)CC1. The number of nitrogens with zero attached hydrogens (tertiary/aromatic N) is 2. The van der Waals surface area contributed by atoms with Crippen LogP contribution in [0.1, 0.15) is 37.8 Å². The summed E-state index contributed by atoms with van der Waals surface area (Å²) in [6.07, 6.45) is 1.29. The van der Waals surface area contributed by atoms with Crippen LogP contribution in [0, 0.1) is 5.92 Å². The molecule has 1 N–H and O–H groups in total. The number of aliphatic hydroxyl groups is 1. The first-order valence-electron chi connectivity index (χ1n) is 10.6. The van der Waals surface area contributed by atoms with E-state index in [0.29, 0.717) is 57.0 Å². The maximum Gasteiger partial charge on any atom is 0.226 e. The van der Waals surface area contributed by atoms with Crippen LogP contribution < -0.4 is 9.47 Å². The summed E-state index contributed by atoms with van der Waals surface area (Å²) in [4.78, 5) is 29.1. The molecule has 1 aromatic carbocycles. The second kappa shape index (κ2) is 10.1. The van der Waals surface area contributed by atoms with Crippen molar-refractivity contribution in [3.63, 3.8) is 0 Å². The number of hydrogen-bond acceptors (Lipinski definition) is 6. The second-order valence-electron chi connectivity index (χ2n) is 7.69. The van der Waals surface area contributed by atoms with Gasteiger partial charge in [-0.2, -0.15) is 0 Å². The van der Waals surface area contributed by atoms with Gasteiger partial charge >= 0.3 is 0 Å². The number of likely N-dealkylation sites (tertiary alicyclic amines) is 1. The van der Waals surface area contributed by atoms with Crippen LogP contribution in [0.4, 0.5) is 0 Å². The van der Waals surface area contributed by atoms with Crippen molar-refractivity contribution >= 4 is 11.8 Å². The number of methoxy groups -OCH3 is 2. The van der Waals surface area contributed by atoms with Crippen molar-refractivity contribution in [2.75, 3.05) is 47.1 Å². The van der Waals surface area contributed by atoms with E-state index >= 15 is 0 Å². The molecule has 8 heteroatoms. The molecule has 0 spiro atoms. The van der Waals surface area contributed by atoms with Gasteiger partial charge < -0.3 is 29.1 Å². The number of ether oxygens (including phenoxy) is 3. The largest absolute Gasteiger partial charge is 0.493 e. The van der Waals surface area contributed by atoms with Crippen molar-refractivity contribution in [3.8, 4) is 11.5 Å².